The van der Waals surface area contributed by atoms with Crippen molar-refractivity contribution in [2.45, 2.75) is 72.2 Å². The normalized spacial score (nSPS) is 14.2. The standard InChI is InChI=1S/C19H30N2O2Si/c1-9-15-12-18-16(13(2)22)10-11-17(21(18)20-15)14(3)23-24(7,8)19(4,5)6/h10-12,14H,9H2,1-8H3. The smallest absolute Gasteiger partial charge is 0.192 e. The van der Waals surface area contributed by atoms with Gasteiger partial charge in [0.1, 0.15) is 0 Å². The summed E-state index contributed by atoms with van der Waals surface area (Å²) in [6, 6.07) is 5.90. The van der Waals surface area contributed by atoms with Gasteiger partial charge in [-0.25, -0.2) is 4.52 Å². The second-order valence-electron chi connectivity index (χ2n) is 8.03. The maximum absolute atomic E-state index is 11.9. The Labute approximate surface area is 146 Å². The number of hydrogen-bond donors (Lipinski definition) is 0. The third kappa shape index (κ3) is 3.47. The highest BCUT2D eigenvalue weighted by atomic mass is 28.4. The topological polar surface area (TPSA) is 43.6 Å². The van der Waals surface area contributed by atoms with Gasteiger partial charge in [0.25, 0.3) is 0 Å². The molecule has 0 fully saturated rings. The van der Waals surface area contributed by atoms with Crippen LogP contribution in [0.3, 0.4) is 0 Å². The summed E-state index contributed by atoms with van der Waals surface area (Å²) in [7, 11) is -1.88. The molecule has 0 spiro atoms. The van der Waals surface area contributed by atoms with E-state index >= 15 is 0 Å². The average molecular weight is 347 g/mol. The SMILES string of the molecule is CCc1cc2c(C(C)=O)ccc(C(C)O[Si](C)(C)C(C)(C)C)n2n1. The molecule has 2 aromatic heterocycles. The minimum atomic E-state index is -1.88. The van der Waals surface area contributed by atoms with Gasteiger partial charge < -0.3 is 4.43 Å². The zero-order chi connectivity index (χ0) is 18.3. The van der Waals surface area contributed by atoms with Crippen LogP contribution in [-0.4, -0.2) is 23.7 Å². The van der Waals surface area contributed by atoms with Crippen LogP contribution in [-0.2, 0) is 10.8 Å². The number of Topliss-reactive ketones (excluding diaryl/α,β-unsaturated/α-hetero) is 1. The number of rotatable bonds is 5. The highest BCUT2D eigenvalue weighted by Crippen LogP contribution is 2.39. The Morgan fingerprint density at radius 1 is 1.33 bits per heavy atom. The summed E-state index contributed by atoms with van der Waals surface area (Å²) >= 11 is 0. The van der Waals surface area contributed by atoms with Gasteiger partial charge in [0, 0.05) is 5.56 Å². The summed E-state index contributed by atoms with van der Waals surface area (Å²) in [5, 5.41) is 4.84. The second kappa shape index (κ2) is 6.45. The van der Waals surface area contributed by atoms with Crippen molar-refractivity contribution in [3.8, 4) is 0 Å². The predicted octanol–water partition coefficient (Wildman–Crippen LogP) is 5.18. The molecule has 132 valence electrons. The second-order valence-corrected chi connectivity index (χ2v) is 12.8. The van der Waals surface area contributed by atoms with E-state index < -0.39 is 8.32 Å². The molecule has 0 amide bonds. The third-order valence-corrected chi connectivity index (χ3v) is 9.69. The predicted molar refractivity (Wildman–Crippen MR) is 101 cm³/mol. The van der Waals surface area contributed by atoms with Crippen molar-refractivity contribution in [3.05, 3.63) is 35.2 Å². The Bertz CT molecular complexity index is 757. The molecule has 2 aromatic rings. The maximum Gasteiger partial charge on any atom is 0.192 e. The Morgan fingerprint density at radius 3 is 2.46 bits per heavy atom. The summed E-state index contributed by atoms with van der Waals surface area (Å²) in [5.74, 6) is 0.0621. The van der Waals surface area contributed by atoms with Crippen LogP contribution in [0.4, 0.5) is 0 Å². The first kappa shape index (κ1) is 18.9. The lowest BCUT2D eigenvalue weighted by Gasteiger charge is -2.38. The minimum absolute atomic E-state index is 0.0621. The van der Waals surface area contributed by atoms with Gasteiger partial charge in [-0.1, -0.05) is 27.7 Å². The fourth-order valence-corrected chi connectivity index (χ4v) is 3.96. The van der Waals surface area contributed by atoms with E-state index in [-0.39, 0.29) is 16.9 Å². The van der Waals surface area contributed by atoms with Crippen LogP contribution in [0.5, 0.6) is 0 Å². The van der Waals surface area contributed by atoms with Crippen LogP contribution >= 0.6 is 0 Å². The van der Waals surface area contributed by atoms with Gasteiger partial charge in [0.2, 0.25) is 0 Å². The highest BCUT2D eigenvalue weighted by Gasteiger charge is 2.39. The average Bonchev–Trinajstić information content (AvgIpc) is 2.87. The first-order valence-electron chi connectivity index (χ1n) is 8.68. The van der Waals surface area contributed by atoms with E-state index in [9.17, 15) is 4.79 Å². The Morgan fingerprint density at radius 2 is 1.96 bits per heavy atom. The van der Waals surface area contributed by atoms with Crippen molar-refractivity contribution in [1.29, 1.82) is 0 Å². The Kier molecular flexibility index (Phi) is 5.07. The van der Waals surface area contributed by atoms with Crippen LogP contribution in [0, 0.1) is 0 Å². The molecule has 0 aliphatic carbocycles. The molecular weight excluding hydrogens is 316 g/mol. The van der Waals surface area contributed by atoms with Gasteiger partial charge in [0.15, 0.2) is 14.1 Å². The van der Waals surface area contributed by atoms with E-state index in [1.165, 1.54) is 0 Å². The van der Waals surface area contributed by atoms with Crippen LogP contribution < -0.4 is 0 Å². The molecule has 24 heavy (non-hydrogen) atoms. The molecule has 0 aliphatic heterocycles. The van der Waals surface area contributed by atoms with Gasteiger partial charge in [-0.05, 0) is 56.6 Å². The van der Waals surface area contributed by atoms with Gasteiger partial charge in [0.05, 0.1) is 23.0 Å². The molecule has 0 bridgehead atoms. The number of nitrogens with zero attached hydrogens (tertiary/aromatic N) is 2. The third-order valence-electron chi connectivity index (χ3n) is 5.14. The quantitative estimate of drug-likeness (QED) is 0.553. The van der Waals surface area contributed by atoms with Crippen LogP contribution in [0.1, 0.15) is 69.4 Å². The number of ketones is 1. The van der Waals surface area contributed by atoms with E-state index in [1.54, 1.807) is 6.92 Å². The number of aromatic nitrogens is 2. The summed E-state index contributed by atoms with van der Waals surface area (Å²) in [6.45, 7) is 17.0. The van der Waals surface area contributed by atoms with E-state index in [1.807, 2.05) is 22.7 Å². The van der Waals surface area contributed by atoms with Crippen molar-refractivity contribution in [2.24, 2.45) is 0 Å². The molecule has 0 saturated heterocycles. The van der Waals surface area contributed by atoms with E-state index in [4.69, 9.17) is 4.43 Å². The molecule has 0 aromatic carbocycles. The Balaban J connectivity index is 2.51. The molecule has 1 atom stereocenters. The zero-order valence-corrected chi connectivity index (χ0v) is 17.2. The van der Waals surface area contributed by atoms with Crippen LogP contribution in [0.15, 0.2) is 18.2 Å². The Hall–Kier alpha value is -1.46. The summed E-state index contributed by atoms with van der Waals surface area (Å²) in [5.41, 5.74) is 3.58. The van der Waals surface area contributed by atoms with E-state index in [0.29, 0.717) is 5.56 Å². The van der Waals surface area contributed by atoms with Crippen molar-refractivity contribution in [1.82, 2.24) is 9.61 Å². The minimum Gasteiger partial charge on any atom is -0.409 e. The number of fused-ring (bicyclic) bond motifs is 1. The molecule has 2 heterocycles. The molecular formula is C19H30N2O2Si. The first-order valence-corrected chi connectivity index (χ1v) is 11.6. The van der Waals surface area contributed by atoms with Crippen molar-refractivity contribution in [3.63, 3.8) is 0 Å². The zero-order valence-electron chi connectivity index (χ0n) is 16.2. The van der Waals surface area contributed by atoms with Crippen molar-refractivity contribution in [2.75, 3.05) is 0 Å². The van der Waals surface area contributed by atoms with Crippen molar-refractivity contribution >= 4 is 19.6 Å². The molecule has 5 heteroatoms. The van der Waals surface area contributed by atoms with E-state index in [2.05, 4.69) is 52.8 Å². The summed E-state index contributed by atoms with van der Waals surface area (Å²) < 4.78 is 8.43. The molecule has 4 nitrogen and oxygen atoms in total. The monoisotopic (exact) mass is 346 g/mol. The highest BCUT2D eigenvalue weighted by molar-refractivity contribution is 6.74. The lowest BCUT2D eigenvalue weighted by molar-refractivity contribution is 0.101. The molecule has 2 rings (SSSR count). The summed E-state index contributed by atoms with van der Waals surface area (Å²) in [4.78, 5) is 11.9. The fraction of sp³-hybridized carbons (Fsp3) is 0.579. The largest absolute Gasteiger partial charge is 0.409 e. The summed E-state index contributed by atoms with van der Waals surface area (Å²) in [6.07, 6.45) is 0.773. The fourth-order valence-electron chi connectivity index (χ4n) is 2.60. The number of carbonyl (C=O) groups is 1. The first-order chi connectivity index (χ1) is 11.0. The maximum atomic E-state index is 11.9. The lowest BCUT2D eigenvalue weighted by Crippen LogP contribution is -2.41. The van der Waals surface area contributed by atoms with Gasteiger partial charge in [-0.2, -0.15) is 5.10 Å². The molecule has 0 radical (unpaired) electrons. The molecule has 0 N–H and O–H groups in total. The van der Waals surface area contributed by atoms with Crippen LogP contribution in [0.2, 0.25) is 18.1 Å². The van der Waals surface area contributed by atoms with Gasteiger partial charge in [-0.15, -0.1) is 0 Å². The molecule has 0 aliphatic rings. The number of pyridine rings is 1. The van der Waals surface area contributed by atoms with Crippen LogP contribution in [0.25, 0.3) is 5.52 Å². The lowest BCUT2D eigenvalue weighted by atomic mass is 10.1. The number of carbonyl (C=O) groups excluding carboxylic acids is 1. The van der Waals surface area contributed by atoms with E-state index in [0.717, 1.165) is 23.3 Å². The molecule has 0 saturated carbocycles. The molecule has 1 unspecified atom stereocenters. The van der Waals surface area contributed by atoms with Crippen molar-refractivity contribution < 1.29 is 9.22 Å². The number of hydrogen-bond acceptors (Lipinski definition) is 3. The van der Waals surface area contributed by atoms with Gasteiger partial charge >= 0.3 is 0 Å². The number of aryl methyl sites for hydroxylation is 1. The van der Waals surface area contributed by atoms with Gasteiger partial charge in [-0.3, -0.25) is 4.79 Å².